The van der Waals surface area contributed by atoms with E-state index in [0.717, 1.165) is 25.3 Å². The number of sulfonamides is 1. The predicted molar refractivity (Wildman–Crippen MR) is 215 cm³/mol. The van der Waals surface area contributed by atoms with E-state index in [1.807, 2.05) is 14.1 Å². The van der Waals surface area contributed by atoms with Crippen LogP contribution in [-0.4, -0.2) is 88.2 Å². The second-order valence-electron chi connectivity index (χ2n) is 15.9. The van der Waals surface area contributed by atoms with Crippen LogP contribution < -0.4 is 14.9 Å². The van der Waals surface area contributed by atoms with Gasteiger partial charge in [0.2, 0.25) is 15.9 Å². The Morgan fingerprint density at radius 2 is 1.72 bits per heavy atom. The van der Waals surface area contributed by atoms with Crippen molar-refractivity contribution in [1.82, 2.24) is 39.7 Å². The molecule has 4 aromatic heterocycles. The molecule has 2 aliphatic rings. The van der Waals surface area contributed by atoms with Gasteiger partial charge in [-0.2, -0.15) is 37.1 Å². The van der Waals surface area contributed by atoms with E-state index < -0.39 is 81.0 Å². The van der Waals surface area contributed by atoms with E-state index >= 15 is 8.78 Å². The highest BCUT2D eigenvalue weighted by Crippen LogP contribution is 2.55. The molecule has 5 heterocycles. The summed E-state index contributed by atoms with van der Waals surface area (Å²) in [5, 5.41) is 11.6. The third kappa shape index (κ3) is 7.77. The molecule has 2 N–H and O–H groups in total. The first-order valence-corrected chi connectivity index (χ1v) is 21.7. The Labute approximate surface area is 348 Å². The second kappa shape index (κ2) is 14.9. The van der Waals surface area contributed by atoms with E-state index in [-0.39, 0.29) is 35.2 Å². The zero-order chi connectivity index (χ0) is 44.1. The molecule has 6 aromatic rings. The summed E-state index contributed by atoms with van der Waals surface area (Å²) in [5.74, 6) is -9.41. The van der Waals surface area contributed by atoms with Crippen LogP contribution >= 0.6 is 11.3 Å². The van der Waals surface area contributed by atoms with E-state index in [1.54, 1.807) is 31.3 Å². The minimum Gasteiger partial charge on any atom is -0.346 e. The van der Waals surface area contributed by atoms with Crippen LogP contribution in [0.4, 0.5) is 41.7 Å². The summed E-state index contributed by atoms with van der Waals surface area (Å²) < 4.78 is 133. The molecule has 3 atom stereocenters. The van der Waals surface area contributed by atoms with Crippen molar-refractivity contribution in [2.75, 3.05) is 43.1 Å². The van der Waals surface area contributed by atoms with Gasteiger partial charge < -0.3 is 15.1 Å². The number of hydrogen-bond donors (Lipinski definition) is 2. The number of aromatic nitrogens is 6. The van der Waals surface area contributed by atoms with Crippen LogP contribution in [-0.2, 0) is 46.9 Å². The number of fused-ring (bicyclic) bond motifs is 3. The Kier molecular flexibility index (Phi) is 10.4. The quantitative estimate of drug-likeness (QED) is 0.134. The molecular formula is C39H39F7N10O3S2. The number of pyridine rings is 1. The van der Waals surface area contributed by atoms with Gasteiger partial charge in [-0.1, -0.05) is 37.3 Å². The number of hydrogen-bond acceptors (Lipinski definition) is 10. The number of amides is 1. The molecule has 1 fully saturated rings. The van der Waals surface area contributed by atoms with Crippen molar-refractivity contribution in [2.24, 2.45) is 13.0 Å². The minimum atomic E-state index is -5.10. The van der Waals surface area contributed by atoms with Gasteiger partial charge in [0, 0.05) is 60.2 Å². The summed E-state index contributed by atoms with van der Waals surface area (Å²) in [6.07, 6.45) is -4.46. The third-order valence-electron chi connectivity index (χ3n) is 11.4. The van der Waals surface area contributed by atoms with Crippen LogP contribution in [0, 0.1) is 17.6 Å². The van der Waals surface area contributed by atoms with Gasteiger partial charge in [0.25, 0.3) is 5.92 Å². The fraction of sp³-hybridized carbons (Fsp3) is 0.410. The topological polar surface area (TPSA) is 143 Å². The molecule has 0 bridgehead atoms. The lowest BCUT2D eigenvalue weighted by Gasteiger charge is -2.42. The van der Waals surface area contributed by atoms with Gasteiger partial charge in [-0.25, -0.2) is 22.2 Å². The molecule has 8 rings (SSSR count). The van der Waals surface area contributed by atoms with Gasteiger partial charge in [0.05, 0.1) is 28.2 Å². The standard InChI is InChI=1S/C39H39F7N10O3S2/c1-18-19(2)38(42,43)34-30(18)33(39(44,45)46)50-56(34)17-29(57)47-27(12-20-10-21(40)13-22(41)11-20)31-26(14-28-36(48-31)49-37(60-28)55-15-23(16-55)53(3)4)24-8-7-9-25-32(24)54(5)51-35(25)52-61(6,58)59/h7-11,13-14,18-19,23,27H,12,15-17H2,1-6H3,(H,47,57)(H,51,52)/t18-,19+,27-/m0/s1. The Morgan fingerprint density at radius 3 is 2.36 bits per heavy atom. The van der Waals surface area contributed by atoms with Crippen molar-refractivity contribution >= 4 is 59.5 Å². The zero-order valence-electron chi connectivity index (χ0n) is 33.4. The van der Waals surface area contributed by atoms with Crippen LogP contribution in [0.5, 0.6) is 0 Å². The molecular weight excluding hydrogens is 854 g/mol. The normalized spacial score (nSPS) is 18.6. The lowest BCUT2D eigenvalue weighted by Crippen LogP contribution is -2.57. The Bertz CT molecular complexity index is 2810. The largest absolute Gasteiger partial charge is 0.435 e. The average Bonchev–Trinajstić information content (AvgIpc) is 3.84. The number of benzene rings is 2. The molecule has 1 aliphatic carbocycles. The number of likely N-dealkylation sites (N-methyl/N-ethyl adjacent to an activating group) is 1. The van der Waals surface area contributed by atoms with Gasteiger partial charge in [0.15, 0.2) is 22.3 Å². The maximum absolute atomic E-state index is 15.7. The van der Waals surface area contributed by atoms with Gasteiger partial charge in [0.1, 0.15) is 23.9 Å². The van der Waals surface area contributed by atoms with Gasteiger partial charge in [-0.15, -0.1) is 0 Å². The number of rotatable bonds is 11. The SMILES string of the molecule is C[C@@H]1c2c(C(F)(F)F)nn(CC(=O)N[C@@H](Cc3cc(F)cc(F)c3)c3nc4nc(N5CC(N(C)C)C5)sc4cc3-c3cccc4c(NS(C)(=O)=O)nn(C)c34)c2C(F)(F)[C@@H]1C. The Hall–Kier alpha value is -5.35. The molecule has 1 amide bonds. The summed E-state index contributed by atoms with van der Waals surface area (Å²) in [4.78, 5) is 28.0. The molecule has 61 heavy (non-hydrogen) atoms. The highest BCUT2D eigenvalue weighted by atomic mass is 32.2. The first-order chi connectivity index (χ1) is 28.5. The summed E-state index contributed by atoms with van der Waals surface area (Å²) in [6, 6.07) is 8.46. The first kappa shape index (κ1) is 42.3. The van der Waals surface area contributed by atoms with Crippen LogP contribution in [0.15, 0.2) is 42.5 Å². The van der Waals surface area contributed by atoms with Crippen molar-refractivity contribution in [2.45, 2.75) is 56.9 Å². The van der Waals surface area contributed by atoms with Gasteiger partial charge in [-0.3, -0.25) is 18.9 Å². The van der Waals surface area contributed by atoms with Crippen molar-refractivity contribution in [3.8, 4) is 11.1 Å². The zero-order valence-corrected chi connectivity index (χ0v) is 35.1. The van der Waals surface area contributed by atoms with Crippen LogP contribution in [0.1, 0.15) is 54.0 Å². The van der Waals surface area contributed by atoms with Crippen LogP contribution in [0.2, 0.25) is 0 Å². The number of thiazole rings is 1. The minimum absolute atomic E-state index is 0.0243. The molecule has 0 saturated carbocycles. The first-order valence-electron chi connectivity index (χ1n) is 19.0. The molecule has 0 unspecified atom stereocenters. The lowest BCUT2D eigenvalue weighted by molar-refractivity contribution is -0.143. The molecule has 22 heteroatoms. The number of carbonyl (C=O) groups excluding carboxylic acids is 1. The molecule has 0 spiro atoms. The fourth-order valence-corrected chi connectivity index (χ4v) is 9.61. The van der Waals surface area contributed by atoms with Crippen molar-refractivity contribution in [1.29, 1.82) is 0 Å². The number of para-hydroxylation sites is 1. The number of carbonyl (C=O) groups is 1. The number of halogens is 7. The van der Waals surface area contributed by atoms with Crippen molar-refractivity contribution < 1.29 is 43.9 Å². The number of anilines is 2. The number of aryl methyl sites for hydroxylation is 1. The maximum Gasteiger partial charge on any atom is 0.435 e. The van der Waals surface area contributed by atoms with Gasteiger partial charge in [-0.05, 0) is 56.3 Å². The number of nitrogens with zero attached hydrogens (tertiary/aromatic N) is 8. The highest BCUT2D eigenvalue weighted by molar-refractivity contribution is 7.92. The highest BCUT2D eigenvalue weighted by Gasteiger charge is 2.57. The van der Waals surface area contributed by atoms with Crippen molar-refractivity contribution in [3.05, 3.63) is 82.3 Å². The Morgan fingerprint density at radius 1 is 1.03 bits per heavy atom. The number of alkyl halides is 5. The van der Waals surface area contributed by atoms with E-state index in [1.165, 1.54) is 22.9 Å². The molecule has 324 valence electrons. The van der Waals surface area contributed by atoms with Crippen molar-refractivity contribution in [3.63, 3.8) is 0 Å². The number of nitrogens with one attached hydrogen (secondary N) is 2. The lowest BCUT2D eigenvalue weighted by atomic mass is 9.94. The summed E-state index contributed by atoms with van der Waals surface area (Å²) in [7, 11) is 1.75. The molecule has 2 aromatic carbocycles. The van der Waals surface area contributed by atoms with Gasteiger partial charge >= 0.3 is 6.18 Å². The van der Waals surface area contributed by atoms with E-state index in [2.05, 4.69) is 30.0 Å². The predicted octanol–water partition coefficient (Wildman–Crippen LogP) is 6.81. The molecule has 13 nitrogen and oxygen atoms in total. The summed E-state index contributed by atoms with van der Waals surface area (Å²) >= 11 is 1.34. The fourth-order valence-electron chi connectivity index (χ4n) is 8.14. The van der Waals surface area contributed by atoms with E-state index in [9.17, 15) is 35.2 Å². The van der Waals surface area contributed by atoms with E-state index in [4.69, 9.17) is 9.97 Å². The average molecular weight is 893 g/mol. The molecule has 1 saturated heterocycles. The molecule has 1 aliphatic heterocycles. The van der Waals surface area contributed by atoms with E-state index in [0.29, 0.717) is 55.7 Å². The third-order valence-corrected chi connectivity index (χ3v) is 13.0. The Balaban J connectivity index is 1.29. The molecule has 0 radical (unpaired) electrons. The van der Waals surface area contributed by atoms with Crippen LogP contribution in [0.25, 0.3) is 32.4 Å². The summed E-state index contributed by atoms with van der Waals surface area (Å²) in [6.45, 7) is 2.68. The maximum atomic E-state index is 15.7. The van der Waals surface area contributed by atoms with Crippen LogP contribution in [0.3, 0.4) is 0 Å². The summed E-state index contributed by atoms with van der Waals surface area (Å²) in [5.41, 5.74) is -1.60. The smallest absolute Gasteiger partial charge is 0.346 e. The monoisotopic (exact) mass is 892 g/mol. The second-order valence-corrected chi connectivity index (χ2v) is 18.6.